The van der Waals surface area contributed by atoms with E-state index in [0.717, 1.165) is 49.2 Å². The zero-order chi connectivity index (χ0) is 24.9. The summed E-state index contributed by atoms with van der Waals surface area (Å²) in [5.41, 5.74) is 5.33. The normalized spacial score (nSPS) is 16.8. The fourth-order valence-corrected chi connectivity index (χ4v) is 5.35. The third-order valence-corrected chi connectivity index (χ3v) is 7.23. The Kier molecular flexibility index (Phi) is 7.33. The average molecular weight is 480 g/mol. The SMILES string of the molecule is CCc1ccc(C2CC(CNCCc3cccc4ccccc34)Oc3ccccc32)cc1C(=O)OC. The molecular weight excluding hydrogens is 446 g/mol. The Morgan fingerprint density at radius 1 is 0.972 bits per heavy atom. The molecule has 0 aliphatic carbocycles. The first-order valence-electron chi connectivity index (χ1n) is 12.8. The van der Waals surface area contributed by atoms with Crippen LogP contribution in [0.3, 0.4) is 0 Å². The second-order valence-electron chi connectivity index (χ2n) is 9.42. The molecule has 184 valence electrons. The highest BCUT2D eigenvalue weighted by Crippen LogP contribution is 2.40. The number of ether oxygens (including phenoxy) is 2. The molecular formula is C32H33NO3. The van der Waals surface area contributed by atoms with Crippen LogP contribution in [0.5, 0.6) is 5.75 Å². The smallest absolute Gasteiger partial charge is 0.338 e. The van der Waals surface area contributed by atoms with E-state index in [0.29, 0.717) is 5.56 Å². The Morgan fingerprint density at radius 3 is 2.64 bits per heavy atom. The maximum atomic E-state index is 12.5. The number of carbonyl (C=O) groups excluding carboxylic acids is 1. The number of hydrogen-bond acceptors (Lipinski definition) is 4. The Morgan fingerprint density at radius 2 is 1.78 bits per heavy atom. The summed E-state index contributed by atoms with van der Waals surface area (Å²) in [6.45, 7) is 3.72. The number of methoxy groups -OCH3 is 1. The van der Waals surface area contributed by atoms with E-state index in [1.54, 1.807) is 0 Å². The first kappa shape index (κ1) is 24.1. The Bertz CT molecular complexity index is 1360. The highest BCUT2D eigenvalue weighted by Gasteiger charge is 2.30. The lowest BCUT2D eigenvalue weighted by Crippen LogP contribution is -2.36. The molecule has 1 N–H and O–H groups in total. The van der Waals surface area contributed by atoms with Gasteiger partial charge in [-0.3, -0.25) is 0 Å². The van der Waals surface area contributed by atoms with Crippen molar-refractivity contribution >= 4 is 16.7 Å². The van der Waals surface area contributed by atoms with Crippen LogP contribution >= 0.6 is 0 Å². The summed E-state index contributed by atoms with van der Waals surface area (Å²) in [6.07, 6.45) is 2.66. The lowest BCUT2D eigenvalue weighted by molar-refractivity contribution is 0.0599. The second kappa shape index (κ2) is 11.0. The van der Waals surface area contributed by atoms with Gasteiger partial charge in [0.05, 0.1) is 12.7 Å². The number of fused-ring (bicyclic) bond motifs is 2. The minimum atomic E-state index is -0.277. The van der Waals surface area contributed by atoms with Crippen LogP contribution in [0.2, 0.25) is 0 Å². The number of esters is 1. The molecule has 0 spiro atoms. The molecule has 0 saturated carbocycles. The Hall–Kier alpha value is -3.63. The number of hydrogen-bond donors (Lipinski definition) is 1. The van der Waals surface area contributed by atoms with Crippen LogP contribution in [0.25, 0.3) is 10.8 Å². The summed E-state index contributed by atoms with van der Waals surface area (Å²) in [4.78, 5) is 12.5. The van der Waals surface area contributed by atoms with Gasteiger partial charge in [-0.1, -0.05) is 79.7 Å². The molecule has 0 saturated heterocycles. The van der Waals surface area contributed by atoms with E-state index in [1.165, 1.54) is 29.0 Å². The standard InChI is InChI=1S/C32H33NO3/c1-3-22-15-16-25(19-30(22)32(34)35-2)29-20-26(36-31-14-7-6-13-28(29)31)21-33-18-17-24-11-8-10-23-9-4-5-12-27(23)24/h4-16,19,26,29,33H,3,17-18,20-21H2,1-2H3. The van der Waals surface area contributed by atoms with Crippen molar-refractivity contribution in [3.05, 3.63) is 113 Å². The van der Waals surface area contributed by atoms with E-state index in [9.17, 15) is 4.79 Å². The molecule has 1 aliphatic heterocycles. The van der Waals surface area contributed by atoms with Crippen molar-refractivity contribution < 1.29 is 14.3 Å². The maximum absolute atomic E-state index is 12.5. The minimum Gasteiger partial charge on any atom is -0.489 e. The third kappa shape index (κ3) is 5.00. The first-order chi connectivity index (χ1) is 17.7. The molecule has 5 rings (SSSR count). The molecule has 4 nitrogen and oxygen atoms in total. The van der Waals surface area contributed by atoms with E-state index in [2.05, 4.69) is 79.0 Å². The van der Waals surface area contributed by atoms with E-state index in [4.69, 9.17) is 9.47 Å². The number of para-hydroxylation sites is 1. The van der Waals surface area contributed by atoms with Gasteiger partial charge in [-0.05, 0) is 65.4 Å². The monoisotopic (exact) mass is 479 g/mol. The molecule has 0 radical (unpaired) electrons. The molecule has 2 unspecified atom stereocenters. The van der Waals surface area contributed by atoms with Gasteiger partial charge in [0.2, 0.25) is 0 Å². The van der Waals surface area contributed by atoms with Crippen LogP contribution in [0.1, 0.15) is 51.9 Å². The van der Waals surface area contributed by atoms with E-state index in [-0.39, 0.29) is 18.0 Å². The van der Waals surface area contributed by atoms with Gasteiger partial charge in [-0.15, -0.1) is 0 Å². The van der Waals surface area contributed by atoms with Crippen molar-refractivity contribution in [3.63, 3.8) is 0 Å². The molecule has 4 heteroatoms. The molecule has 2 atom stereocenters. The molecule has 4 aromatic carbocycles. The van der Waals surface area contributed by atoms with Crippen LogP contribution in [-0.2, 0) is 17.6 Å². The third-order valence-electron chi connectivity index (χ3n) is 7.23. The van der Waals surface area contributed by atoms with Crippen molar-refractivity contribution in [2.24, 2.45) is 0 Å². The van der Waals surface area contributed by atoms with Gasteiger partial charge in [0.15, 0.2) is 0 Å². The number of carbonyl (C=O) groups is 1. The summed E-state index contributed by atoms with van der Waals surface area (Å²) < 4.78 is 11.5. The van der Waals surface area contributed by atoms with Gasteiger partial charge in [0.1, 0.15) is 11.9 Å². The quantitative estimate of drug-likeness (QED) is 0.238. The van der Waals surface area contributed by atoms with Gasteiger partial charge in [-0.2, -0.15) is 0 Å². The predicted molar refractivity (Wildman–Crippen MR) is 145 cm³/mol. The summed E-state index contributed by atoms with van der Waals surface area (Å²) in [6, 6.07) is 29.6. The van der Waals surface area contributed by atoms with Crippen molar-refractivity contribution in [1.29, 1.82) is 0 Å². The summed E-state index contributed by atoms with van der Waals surface area (Å²) in [5.74, 6) is 0.809. The number of rotatable bonds is 8. The minimum absolute atomic E-state index is 0.0462. The van der Waals surface area contributed by atoms with Crippen LogP contribution < -0.4 is 10.1 Å². The van der Waals surface area contributed by atoms with Crippen molar-refractivity contribution in [1.82, 2.24) is 5.32 Å². The van der Waals surface area contributed by atoms with Crippen molar-refractivity contribution in [3.8, 4) is 5.75 Å². The zero-order valence-electron chi connectivity index (χ0n) is 21.0. The van der Waals surface area contributed by atoms with Crippen LogP contribution in [0.15, 0.2) is 84.9 Å². The van der Waals surface area contributed by atoms with Crippen LogP contribution in [0.4, 0.5) is 0 Å². The van der Waals surface area contributed by atoms with Gasteiger partial charge in [0, 0.05) is 18.0 Å². The molecule has 0 aromatic heterocycles. The van der Waals surface area contributed by atoms with Crippen molar-refractivity contribution in [2.45, 2.75) is 38.2 Å². The molecule has 1 aliphatic rings. The van der Waals surface area contributed by atoms with E-state index < -0.39 is 0 Å². The number of benzene rings is 4. The topological polar surface area (TPSA) is 47.6 Å². The van der Waals surface area contributed by atoms with E-state index >= 15 is 0 Å². The van der Waals surface area contributed by atoms with Crippen molar-refractivity contribution in [2.75, 3.05) is 20.2 Å². The van der Waals surface area contributed by atoms with E-state index in [1.807, 2.05) is 18.2 Å². The first-order valence-corrected chi connectivity index (χ1v) is 12.8. The molecule has 0 fully saturated rings. The highest BCUT2D eigenvalue weighted by molar-refractivity contribution is 5.91. The zero-order valence-corrected chi connectivity index (χ0v) is 21.0. The number of nitrogens with one attached hydrogen (secondary N) is 1. The Labute approximate surface area is 213 Å². The maximum Gasteiger partial charge on any atom is 0.338 e. The lowest BCUT2D eigenvalue weighted by Gasteiger charge is -2.33. The summed E-state index contributed by atoms with van der Waals surface area (Å²) >= 11 is 0. The summed E-state index contributed by atoms with van der Waals surface area (Å²) in [7, 11) is 1.44. The van der Waals surface area contributed by atoms with Gasteiger partial charge < -0.3 is 14.8 Å². The van der Waals surface area contributed by atoms with Crippen LogP contribution in [0, 0.1) is 0 Å². The van der Waals surface area contributed by atoms with Crippen LogP contribution in [-0.4, -0.2) is 32.3 Å². The molecule has 36 heavy (non-hydrogen) atoms. The van der Waals surface area contributed by atoms with Gasteiger partial charge in [0.25, 0.3) is 0 Å². The predicted octanol–water partition coefficient (Wildman–Crippen LogP) is 6.30. The van der Waals surface area contributed by atoms with Gasteiger partial charge in [-0.25, -0.2) is 4.79 Å². The highest BCUT2D eigenvalue weighted by atomic mass is 16.5. The fourth-order valence-electron chi connectivity index (χ4n) is 5.35. The molecule has 0 bridgehead atoms. The molecule has 0 amide bonds. The largest absolute Gasteiger partial charge is 0.489 e. The average Bonchev–Trinajstić information content (AvgIpc) is 2.94. The molecule has 4 aromatic rings. The number of aryl methyl sites for hydroxylation is 1. The fraction of sp³-hybridized carbons (Fsp3) is 0.281. The Balaban J connectivity index is 1.31. The van der Waals surface area contributed by atoms with Gasteiger partial charge >= 0.3 is 5.97 Å². The summed E-state index contributed by atoms with van der Waals surface area (Å²) in [5, 5.41) is 6.23. The second-order valence-corrected chi connectivity index (χ2v) is 9.42. The lowest BCUT2D eigenvalue weighted by atomic mass is 9.83. The molecule has 1 heterocycles.